The van der Waals surface area contributed by atoms with Crippen molar-refractivity contribution in [2.24, 2.45) is 0 Å². The van der Waals surface area contributed by atoms with Crippen molar-refractivity contribution in [3.8, 4) is 0 Å². The summed E-state index contributed by atoms with van der Waals surface area (Å²) in [5.74, 6) is -0.292. The number of hydrogen-bond donors (Lipinski definition) is 3. The molecule has 2 aromatic rings. The van der Waals surface area contributed by atoms with Crippen LogP contribution < -0.4 is 15.0 Å². The van der Waals surface area contributed by atoms with Crippen LogP contribution in [0.4, 0.5) is 5.69 Å². The summed E-state index contributed by atoms with van der Waals surface area (Å²) in [6.07, 6.45) is 0. The van der Waals surface area contributed by atoms with Gasteiger partial charge >= 0.3 is 0 Å². The molecule has 0 saturated heterocycles. The van der Waals surface area contributed by atoms with E-state index >= 15 is 0 Å². The molecule has 0 atom stereocenters. The number of benzene rings is 2. The minimum absolute atomic E-state index is 0.0128. The maximum Gasteiger partial charge on any atom is 0.254 e. The van der Waals surface area contributed by atoms with Crippen molar-refractivity contribution >= 4 is 31.6 Å². The van der Waals surface area contributed by atoms with Gasteiger partial charge in [0, 0.05) is 12.6 Å². The van der Waals surface area contributed by atoms with E-state index in [9.17, 15) is 21.6 Å². The highest BCUT2D eigenvalue weighted by Crippen LogP contribution is 2.17. The van der Waals surface area contributed by atoms with E-state index in [1.165, 1.54) is 37.3 Å². The van der Waals surface area contributed by atoms with Crippen molar-refractivity contribution in [1.82, 2.24) is 9.66 Å². The Labute approximate surface area is 152 Å². The van der Waals surface area contributed by atoms with Crippen LogP contribution in [0.15, 0.2) is 52.3 Å². The van der Waals surface area contributed by atoms with Gasteiger partial charge in [0.1, 0.15) is 0 Å². The Hall–Kier alpha value is -2.27. The van der Waals surface area contributed by atoms with Gasteiger partial charge in [0.05, 0.1) is 9.79 Å². The number of anilines is 1. The van der Waals surface area contributed by atoms with E-state index < -0.39 is 20.0 Å². The van der Waals surface area contributed by atoms with Gasteiger partial charge in [-0.2, -0.15) is 0 Å². The van der Waals surface area contributed by atoms with Crippen LogP contribution in [0.3, 0.4) is 0 Å². The third-order valence-corrected chi connectivity index (χ3v) is 6.21. The van der Waals surface area contributed by atoms with Gasteiger partial charge in [-0.05, 0) is 55.3 Å². The van der Waals surface area contributed by atoms with Crippen molar-refractivity contribution in [3.05, 3.63) is 53.6 Å². The summed E-state index contributed by atoms with van der Waals surface area (Å²) >= 11 is 0. The Morgan fingerprint density at radius 2 is 1.42 bits per heavy atom. The maximum atomic E-state index is 12.4. The zero-order chi connectivity index (χ0) is 19.5. The van der Waals surface area contributed by atoms with E-state index in [-0.39, 0.29) is 15.7 Å². The second-order valence-electron chi connectivity index (χ2n) is 5.69. The Morgan fingerprint density at radius 3 is 2.00 bits per heavy atom. The standard InChI is InChI=1S/C16H19N3O5S2/c1-11-4-5-12(2)16(10-11)26(23,24)19-18-25(21,22)15-8-6-14(7-9-15)17-13(3)20/h4-10,18-19H,1-3H3,(H,17,20). The van der Waals surface area contributed by atoms with E-state index in [2.05, 4.69) is 5.32 Å². The van der Waals surface area contributed by atoms with Gasteiger partial charge < -0.3 is 5.32 Å². The number of rotatable bonds is 6. The minimum atomic E-state index is -4.12. The van der Waals surface area contributed by atoms with Crippen LogP contribution in [-0.4, -0.2) is 22.7 Å². The lowest BCUT2D eigenvalue weighted by atomic mass is 10.2. The SMILES string of the molecule is CC(=O)Nc1ccc(S(=O)(=O)NNS(=O)(=O)c2cc(C)ccc2C)cc1. The third kappa shape index (κ3) is 4.88. The first-order chi connectivity index (χ1) is 12.0. The number of sulfonamides is 2. The Bertz CT molecular complexity index is 1030. The Morgan fingerprint density at radius 1 is 0.846 bits per heavy atom. The van der Waals surface area contributed by atoms with Crippen molar-refractivity contribution in [2.45, 2.75) is 30.6 Å². The molecule has 0 radical (unpaired) electrons. The van der Waals surface area contributed by atoms with Crippen molar-refractivity contribution in [2.75, 3.05) is 5.32 Å². The summed E-state index contributed by atoms with van der Waals surface area (Å²) in [6, 6.07) is 10.1. The topological polar surface area (TPSA) is 121 Å². The summed E-state index contributed by atoms with van der Waals surface area (Å²) in [5, 5.41) is 2.51. The molecule has 0 aliphatic heterocycles. The normalized spacial score (nSPS) is 12.0. The van der Waals surface area contributed by atoms with Gasteiger partial charge in [-0.25, -0.2) is 16.8 Å². The van der Waals surface area contributed by atoms with E-state index in [4.69, 9.17) is 0 Å². The van der Waals surface area contributed by atoms with E-state index in [1.807, 2.05) is 9.66 Å². The molecule has 2 rings (SSSR count). The molecule has 0 aromatic heterocycles. The average molecular weight is 397 g/mol. The van der Waals surface area contributed by atoms with Gasteiger partial charge in [0.25, 0.3) is 20.0 Å². The van der Waals surface area contributed by atoms with E-state index in [0.717, 1.165) is 5.56 Å². The molecule has 0 spiro atoms. The molecular weight excluding hydrogens is 378 g/mol. The summed E-state index contributed by atoms with van der Waals surface area (Å²) in [7, 11) is -8.20. The highest BCUT2D eigenvalue weighted by Gasteiger charge is 2.21. The van der Waals surface area contributed by atoms with Crippen LogP contribution in [0.5, 0.6) is 0 Å². The number of amides is 1. The highest BCUT2D eigenvalue weighted by molar-refractivity contribution is 7.92. The summed E-state index contributed by atoms with van der Waals surface area (Å²) in [6.45, 7) is 4.68. The predicted octanol–water partition coefficient (Wildman–Crippen LogP) is 1.43. The molecule has 2 aromatic carbocycles. The first-order valence-electron chi connectivity index (χ1n) is 7.50. The van der Waals surface area contributed by atoms with Crippen LogP contribution in [0.1, 0.15) is 18.1 Å². The summed E-state index contributed by atoms with van der Waals surface area (Å²) in [4.78, 5) is 14.6. The van der Waals surface area contributed by atoms with Gasteiger partial charge in [0.15, 0.2) is 0 Å². The number of aryl methyl sites for hydroxylation is 2. The lowest BCUT2D eigenvalue weighted by Crippen LogP contribution is -2.41. The molecule has 0 heterocycles. The lowest BCUT2D eigenvalue weighted by molar-refractivity contribution is -0.114. The Kier molecular flexibility index (Phi) is 5.81. The fourth-order valence-corrected chi connectivity index (χ4v) is 4.57. The predicted molar refractivity (Wildman–Crippen MR) is 97.3 cm³/mol. The second-order valence-corrected chi connectivity index (χ2v) is 9.02. The first-order valence-corrected chi connectivity index (χ1v) is 10.5. The maximum absolute atomic E-state index is 12.4. The number of nitrogens with one attached hydrogen (secondary N) is 3. The molecule has 140 valence electrons. The van der Waals surface area contributed by atoms with Crippen molar-refractivity contribution in [3.63, 3.8) is 0 Å². The molecule has 3 N–H and O–H groups in total. The molecule has 1 amide bonds. The van der Waals surface area contributed by atoms with Crippen molar-refractivity contribution in [1.29, 1.82) is 0 Å². The second kappa shape index (κ2) is 7.54. The van der Waals surface area contributed by atoms with Crippen LogP contribution in [-0.2, 0) is 24.8 Å². The number of carbonyl (C=O) groups excluding carboxylic acids is 1. The van der Waals surface area contributed by atoms with Crippen LogP contribution >= 0.6 is 0 Å². The molecular formula is C16H19N3O5S2. The fraction of sp³-hybridized carbons (Fsp3) is 0.188. The summed E-state index contributed by atoms with van der Waals surface area (Å²) < 4.78 is 49.3. The molecule has 0 saturated carbocycles. The largest absolute Gasteiger partial charge is 0.326 e. The average Bonchev–Trinajstić information content (AvgIpc) is 2.55. The smallest absolute Gasteiger partial charge is 0.254 e. The van der Waals surface area contributed by atoms with E-state index in [1.54, 1.807) is 26.0 Å². The zero-order valence-corrected chi connectivity index (χ0v) is 16.0. The third-order valence-electron chi connectivity index (χ3n) is 3.43. The number of carbonyl (C=O) groups is 1. The van der Waals surface area contributed by atoms with E-state index in [0.29, 0.717) is 11.3 Å². The molecule has 0 bridgehead atoms. The minimum Gasteiger partial charge on any atom is -0.326 e. The van der Waals surface area contributed by atoms with Gasteiger partial charge in [-0.3, -0.25) is 4.79 Å². The first kappa shape index (κ1) is 20.0. The zero-order valence-electron chi connectivity index (χ0n) is 14.4. The van der Waals surface area contributed by atoms with Crippen LogP contribution in [0.25, 0.3) is 0 Å². The van der Waals surface area contributed by atoms with Crippen LogP contribution in [0.2, 0.25) is 0 Å². The fourth-order valence-electron chi connectivity index (χ4n) is 2.14. The molecule has 10 heteroatoms. The molecule has 8 nitrogen and oxygen atoms in total. The summed E-state index contributed by atoms with van der Waals surface area (Å²) in [5.41, 5.74) is 1.64. The molecule has 0 unspecified atom stereocenters. The molecule has 0 fully saturated rings. The van der Waals surface area contributed by atoms with Gasteiger partial charge in [0.2, 0.25) is 5.91 Å². The molecule has 0 aliphatic rings. The van der Waals surface area contributed by atoms with Crippen molar-refractivity contribution < 1.29 is 21.6 Å². The monoisotopic (exact) mass is 397 g/mol. The Balaban J connectivity index is 2.19. The quantitative estimate of drug-likeness (QED) is 0.637. The lowest BCUT2D eigenvalue weighted by Gasteiger charge is -2.12. The van der Waals surface area contributed by atoms with Gasteiger partial charge in [-0.15, -0.1) is 9.66 Å². The number of hydrazine groups is 1. The molecule has 26 heavy (non-hydrogen) atoms. The van der Waals surface area contributed by atoms with Crippen LogP contribution in [0, 0.1) is 13.8 Å². The highest BCUT2D eigenvalue weighted by atomic mass is 32.2. The van der Waals surface area contributed by atoms with Gasteiger partial charge in [-0.1, -0.05) is 12.1 Å². The number of hydrogen-bond acceptors (Lipinski definition) is 5. The molecule has 0 aliphatic carbocycles.